The monoisotopic (exact) mass is 210 g/mol. The van der Waals surface area contributed by atoms with E-state index in [9.17, 15) is 9.90 Å². The summed E-state index contributed by atoms with van der Waals surface area (Å²) in [5.74, 6) is 0. The van der Waals surface area contributed by atoms with Crippen LogP contribution in [0, 0.1) is 5.41 Å². The van der Waals surface area contributed by atoms with Gasteiger partial charge in [-0.05, 0) is 26.2 Å². The topological polar surface area (TPSA) is 37.3 Å². The summed E-state index contributed by atoms with van der Waals surface area (Å²) in [6.45, 7) is 3.90. The minimum atomic E-state index is -0.958. The van der Waals surface area contributed by atoms with Crippen molar-refractivity contribution in [1.29, 1.82) is 0 Å². The Morgan fingerprint density at radius 1 is 1.47 bits per heavy atom. The van der Waals surface area contributed by atoms with Gasteiger partial charge in [-0.3, -0.25) is 0 Å². The van der Waals surface area contributed by atoms with E-state index in [1.807, 2.05) is 6.08 Å². The zero-order valence-corrected chi connectivity index (χ0v) is 9.83. The molecule has 86 valence electrons. The molecule has 2 heteroatoms. The van der Waals surface area contributed by atoms with Gasteiger partial charge in [-0.25, -0.2) is 0 Å². The highest BCUT2D eigenvalue weighted by atomic mass is 16.3. The Morgan fingerprint density at radius 3 is 2.73 bits per heavy atom. The van der Waals surface area contributed by atoms with Gasteiger partial charge >= 0.3 is 0 Å². The highest BCUT2D eigenvalue weighted by Crippen LogP contribution is 2.43. The molecule has 0 aromatic rings. The van der Waals surface area contributed by atoms with Gasteiger partial charge in [-0.1, -0.05) is 38.3 Å². The highest BCUT2D eigenvalue weighted by molar-refractivity contribution is 5.63. The fraction of sp³-hybridized carbons (Fsp3) is 0.769. The molecule has 0 aromatic carbocycles. The molecular formula is C13H22O2. The van der Waals surface area contributed by atoms with Gasteiger partial charge in [0.25, 0.3) is 0 Å². The van der Waals surface area contributed by atoms with Crippen molar-refractivity contribution in [1.82, 2.24) is 0 Å². The summed E-state index contributed by atoms with van der Waals surface area (Å²) in [5.41, 5.74) is -1.50. The van der Waals surface area contributed by atoms with Crippen molar-refractivity contribution in [3.05, 3.63) is 12.2 Å². The van der Waals surface area contributed by atoms with Crippen molar-refractivity contribution in [3.8, 4) is 0 Å². The molecule has 1 N–H and O–H groups in total. The molecule has 1 aliphatic rings. The molecule has 0 spiro atoms. The third kappa shape index (κ3) is 2.49. The van der Waals surface area contributed by atoms with E-state index < -0.39 is 11.0 Å². The summed E-state index contributed by atoms with van der Waals surface area (Å²) in [5, 5.41) is 10.3. The van der Waals surface area contributed by atoms with E-state index in [2.05, 4.69) is 6.92 Å². The van der Waals surface area contributed by atoms with Crippen LogP contribution in [-0.4, -0.2) is 17.0 Å². The third-order valence-electron chi connectivity index (χ3n) is 3.66. The van der Waals surface area contributed by atoms with Crippen molar-refractivity contribution in [2.45, 2.75) is 58.0 Å². The first-order valence-corrected chi connectivity index (χ1v) is 5.94. The van der Waals surface area contributed by atoms with E-state index in [-0.39, 0.29) is 0 Å². The van der Waals surface area contributed by atoms with Gasteiger partial charge in [0.2, 0.25) is 0 Å². The Balaban J connectivity index is 2.74. The molecule has 2 nitrogen and oxygen atoms in total. The van der Waals surface area contributed by atoms with Crippen molar-refractivity contribution < 1.29 is 9.90 Å². The minimum absolute atomic E-state index is 0.545. The summed E-state index contributed by atoms with van der Waals surface area (Å²) < 4.78 is 0. The first kappa shape index (κ1) is 12.4. The molecule has 0 bridgehead atoms. The lowest BCUT2D eigenvalue weighted by molar-refractivity contribution is -0.130. The highest BCUT2D eigenvalue weighted by Gasteiger charge is 2.45. The number of carbonyl (C=O) groups is 1. The van der Waals surface area contributed by atoms with E-state index in [0.29, 0.717) is 0 Å². The van der Waals surface area contributed by atoms with E-state index in [0.717, 1.165) is 44.8 Å². The number of hydrogen-bond donors (Lipinski definition) is 1. The van der Waals surface area contributed by atoms with Crippen LogP contribution in [-0.2, 0) is 4.79 Å². The molecule has 0 aliphatic heterocycles. The van der Waals surface area contributed by atoms with Gasteiger partial charge in [0.1, 0.15) is 6.29 Å². The standard InChI is InChI=1S/C13H22O2/c1-3-4-5-9-13(11-14)10-7-6-8-12(13,2)15/h6,8,11,15H,3-5,7,9-10H2,1-2H3. The van der Waals surface area contributed by atoms with Crippen LogP contribution >= 0.6 is 0 Å². The SMILES string of the molecule is CCCCCC1(C=O)CCC=CC1(C)O. The van der Waals surface area contributed by atoms with Crippen LogP contribution in [0.1, 0.15) is 52.4 Å². The molecule has 1 rings (SSSR count). The molecule has 0 aromatic heterocycles. The normalized spacial score (nSPS) is 35.4. The number of unbranched alkanes of at least 4 members (excludes halogenated alkanes) is 2. The predicted octanol–water partition coefficient (Wildman–Crippen LogP) is 2.85. The maximum absolute atomic E-state index is 11.3. The van der Waals surface area contributed by atoms with Crippen molar-refractivity contribution in [2.24, 2.45) is 5.41 Å². The van der Waals surface area contributed by atoms with Gasteiger partial charge in [0.15, 0.2) is 0 Å². The molecule has 0 heterocycles. The van der Waals surface area contributed by atoms with E-state index >= 15 is 0 Å². The molecule has 2 unspecified atom stereocenters. The molecule has 0 saturated heterocycles. The van der Waals surface area contributed by atoms with Gasteiger partial charge < -0.3 is 9.90 Å². The van der Waals surface area contributed by atoms with Crippen LogP contribution in [0.4, 0.5) is 0 Å². The van der Waals surface area contributed by atoms with Gasteiger partial charge in [0.05, 0.1) is 11.0 Å². The Bertz CT molecular complexity index is 243. The summed E-state index contributed by atoms with van der Waals surface area (Å²) in [6, 6.07) is 0. The van der Waals surface area contributed by atoms with Crippen molar-refractivity contribution in [3.63, 3.8) is 0 Å². The summed E-state index contributed by atoms with van der Waals surface area (Å²) in [7, 11) is 0. The first-order chi connectivity index (χ1) is 7.08. The largest absolute Gasteiger partial charge is 0.385 e. The predicted molar refractivity (Wildman–Crippen MR) is 61.6 cm³/mol. The van der Waals surface area contributed by atoms with E-state index in [1.165, 1.54) is 0 Å². The second-order valence-corrected chi connectivity index (χ2v) is 4.82. The number of allylic oxidation sites excluding steroid dienone is 1. The van der Waals surface area contributed by atoms with E-state index in [4.69, 9.17) is 0 Å². The van der Waals surface area contributed by atoms with Crippen LogP contribution in [0.2, 0.25) is 0 Å². The maximum atomic E-state index is 11.3. The lowest BCUT2D eigenvalue weighted by Crippen LogP contribution is -2.47. The fourth-order valence-corrected chi connectivity index (χ4v) is 2.38. The molecule has 0 saturated carbocycles. The molecular weight excluding hydrogens is 188 g/mol. The van der Waals surface area contributed by atoms with Crippen LogP contribution in [0.15, 0.2) is 12.2 Å². The van der Waals surface area contributed by atoms with Crippen molar-refractivity contribution in [2.75, 3.05) is 0 Å². The van der Waals surface area contributed by atoms with Gasteiger partial charge in [-0.2, -0.15) is 0 Å². The van der Waals surface area contributed by atoms with Gasteiger partial charge in [0, 0.05) is 0 Å². The molecule has 0 fully saturated rings. The summed E-state index contributed by atoms with van der Waals surface area (Å²) in [6.07, 6.45) is 10.5. The molecule has 0 radical (unpaired) electrons. The summed E-state index contributed by atoms with van der Waals surface area (Å²) in [4.78, 5) is 11.3. The average molecular weight is 210 g/mol. The molecule has 15 heavy (non-hydrogen) atoms. The molecule has 1 aliphatic carbocycles. The Hall–Kier alpha value is -0.630. The maximum Gasteiger partial charge on any atom is 0.129 e. The zero-order valence-electron chi connectivity index (χ0n) is 9.83. The lowest BCUT2D eigenvalue weighted by atomic mass is 9.65. The summed E-state index contributed by atoms with van der Waals surface area (Å²) >= 11 is 0. The van der Waals surface area contributed by atoms with Crippen molar-refractivity contribution >= 4 is 6.29 Å². The number of aliphatic hydroxyl groups is 1. The first-order valence-electron chi connectivity index (χ1n) is 5.94. The quantitative estimate of drug-likeness (QED) is 0.430. The lowest BCUT2D eigenvalue weighted by Gasteiger charge is -2.42. The molecule has 0 amide bonds. The zero-order chi connectivity index (χ0) is 11.4. The van der Waals surface area contributed by atoms with Crippen LogP contribution in [0.3, 0.4) is 0 Å². The van der Waals surface area contributed by atoms with Crippen LogP contribution in [0.25, 0.3) is 0 Å². The fourth-order valence-electron chi connectivity index (χ4n) is 2.38. The number of carbonyl (C=O) groups excluding carboxylic acids is 1. The number of rotatable bonds is 5. The number of aldehydes is 1. The molecule has 2 atom stereocenters. The Kier molecular flexibility index (Phi) is 4.09. The number of hydrogen-bond acceptors (Lipinski definition) is 2. The average Bonchev–Trinajstić information content (AvgIpc) is 2.21. The van der Waals surface area contributed by atoms with Crippen LogP contribution < -0.4 is 0 Å². The minimum Gasteiger partial charge on any atom is -0.385 e. The smallest absolute Gasteiger partial charge is 0.129 e. The van der Waals surface area contributed by atoms with Gasteiger partial charge in [-0.15, -0.1) is 0 Å². The third-order valence-corrected chi connectivity index (χ3v) is 3.66. The second-order valence-electron chi connectivity index (χ2n) is 4.82. The Morgan fingerprint density at radius 2 is 2.20 bits per heavy atom. The second kappa shape index (κ2) is 4.93. The Labute approximate surface area is 92.4 Å². The van der Waals surface area contributed by atoms with E-state index in [1.54, 1.807) is 13.0 Å². The van der Waals surface area contributed by atoms with Crippen LogP contribution in [0.5, 0.6) is 0 Å².